The zero-order valence-corrected chi connectivity index (χ0v) is 15.7. The van der Waals surface area contributed by atoms with Gasteiger partial charge in [-0.1, -0.05) is 18.2 Å². The number of benzene rings is 2. The summed E-state index contributed by atoms with van der Waals surface area (Å²) in [5.41, 5.74) is 1.37. The summed E-state index contributed by atoms with van der Waals surface area (Å²) in [6.07, 6.45) is 0.190. The van der Waals surface area contributed by atoms with Crippen LogP contribution in [0.15, 0.2) is 53.4 Å². The van der Waals surface area contributed by atoms with E-state index in [0.29, 0.717) is 16.9 Å². The summed E-state index contributed by atoms with van der Waals surface area (Å²) in [5, 5.41) is 12.1. The molecule has 0 aliphatic carbocycles. The number of para-hydroxylation sites is 1. The standard InChI is InChI=1S/C19H20N2O5S/c1-12-11-17(19(23)24)16-5-3-4-6-18(16)21(12)27(25,26)15-9-7-14(8-10-15)20-13(2)22/h3-10,12,17H,11H2,1-2H3,(H,20,22)(H,23,24). The average Bonchev–Trinajstić information content (AvgIpc) is 2.60. The Labute approximate surface area is 157 Å². The van der Waals surface area contributed by atoms with Crippen molar-refractivity contribution in [2.24, 2.45) is 0 Å². The molecule has 2 aromatic carbocycles. The van der Waals surface area contributed by atoms with E-state index in [-0.39, 0.29) is 17.2 Å². The summed E-state index contributed by atoms with van der Waals surface area (Å²) >= 11 is 0. The second-order valence-electron chi connectivity index (χ2n) is 6.54. The van der Waals surface area contributed by atoms with Gasteiger partial charge in [0.2, 0.25) is 5.91 Å². The molecular formula is C19H20N2O5S. The van der Waals surface area contributed by atoms with Crippen LogP contribution in [0.2, 0.25) is 0 Å². The Hall–Kier alpha value is -2.87. The SMILES string of the molecule is CC(=O)Nc1ccc(S(=O)(=O)N2c3ccccc3C(C(=O)O)CC2C)cc1. The van der Waals surface area contributed by atoms with Crippen LogP contribution < -0.4 is 9.62 Å². The molecule has 0 aromatic heterocycles. The van der Waals surface area contributed by atoms with Crippen molar-refractivity contribution in [2.45, 2.75) is 37.1 Å². The number of carboxylic acids is 1. The molecule has 2 aromatic rings. The van der Waals surface area contributed by atoms with Crippen molar-refractivity contribution in [2.75, 3.05) is 9.62 Å². The van der Waals surface area contributed by atoms with E-state index >= 15 is 0 Å². The van der Waals surface area contributed by atoms with Crippen molar-refractivity contribution in [1.82, 2.24) is 0 Å². The lowest BCUT2D eigenvalue weighted by molar-refractivity contribution is -0.139. The van der Waals surface area contributed by atoms with Crippen LogP contribution in [0.25, 0.3) is 0 Å². The van der Waals surface area contributed by atoms with E-state index < -0.39 is 28.0 Å². The average molecular weight is 388 g/mol. The number of nitrogens with one attached hydrogen (secondary N) is 1. The lowest BCUT2D eigenvalue weighted by atomic mass is 9.87. The first-order valence-electron chi connectivity index (χ1n) is 8.45. The van der Waals surface area contributed by atoms with Crippen LogP contribution in [0.5, 0.6) is 0 Å². The molecule has 142 valence electrons. The number of sulfonamides is 1. The molecule has 1 heterocycles. The Morgan fingerprint density at radius 1 is 1.11 bits per heavy atom. The third-order valence-electron chi connectivity index (χ3n) is 4.56. The zero-order valence-electron chi connectivity index (χ0n) is 14.9. The predicted octanol–water partition coefficient (Wildman–Crippen LogP) is 2.80. The van der Waals surface area contributed by atoms with Crippen LogP contribution in [0.1, 0.15) is 31.7 Å². The fourth-order valence-corrected chi connectivity index (χ4v) is 5.10. The van der Waals surface area contributed by atoms with E-state index in [2.05, 4.69) is 5.32 Å². The van der Waals surface area contributed by atoms with E-state index in [4.69, 9.17) is 0 Å². The molecule has 1 amide bonds. The molecule has 0 radical (unpaired) electrons. The van der Waals surface area contributed by atoms with Gasteiger partial charge in [-0.15, -0.1) is 0 Å². The molecule has 2 atom stereocenters. The number of amides is 1. The number of aliphatic carboxylic acids is 1. The second-order valence-corrected chi connectivity index (χ2v) is 8.36. The molecule has 0 fully saturated rings. The van der Waals surface area contributed by atoms with Gasteiger partial charge in [-0.3, -0.25) is 13.9 Å². The van der Waals surface area contributed by atoms with Gasteiger partial charge in [0.25, 0.3) is 10.0 Å². The highest BCUT2D eigenvalue weighted by atomic mass is 32.2. The Kier molecular flexibility index (Phi) is 4.93. The molecule has 0 bridgehead atoms. The summed E-state index contributed by atoms with van der Waals surface area (Å²) in [6, 6.07) is 12.1. The van der Waals surface area contributed by atoms with Crippen molar-refractivity contribution in [3.05, 3.63) is 54.1 Å². The van der Waals surface area contributed by atoms with Gasteiger partial charge < -0.3 is 10.4 Å². The summed E-state index contributed by atoms with van der Waals surface area (Å²) < 4.78 is 27.8. The van der Waals surface area contributed by atoms with Crippen molar-refractivity contribution >= 4 is 33.3 Å². The van der Waals surface area contributed by atoms with E-state index in [1.54, 1.807) is 31.2 Å². The minimum Gasteiger partial charge on any atom is -0.481 e. The lowest BCUT2D eigenvalue weighted by Gasteiger charge is -2.38. The van der Waals surface area contributed by atoms with Crippen LogP contribution in [0.4, 0.5) is 11.4 Å². The van der Waals surface area contributed by atoms with Gasteiger partial charge in [0, 0.05) is 18.7 Å². The number of rotatable bonds is 4. The van der Waals surface area contributed by atoms with Crippen molar-refractivity contribution in [3.8, 4) is 0 Å². The molecule has 2 unspecified atom stereocenters. The first kappa shape index (κ1) is 18.9. The third-order valence-corrected chi connectivity index (χ3v) is 6.50. The van der Waals surface area contributed by atoms with Gasteiger partial charge >= 0.3 is 5.97 Å². The highest BCUT2D eigenvalue weighted by molar-refractivity contribution is 7.92. The monoisotopic (exact) mass is 388 g/mol. The van der Waals surface area contributed by atoms with E-state index in [9.17, 15) is 23.1 Å². The molecule has 0 saturated carbocycles. The highest BCUT2D eigenvalue weighted by Gasteiger charge is 2.40. The van der Waals surface area contributed by atoms with Crippen molar-refractivity contribution in [3.63, 3.8) is 0 Å². The normalized spacial score (nSPS) is 19.3. The Morgan fingerprint density at radius 2 is 1.74 bits per heavy atom. The van der Waals surface area contributed by atoms with Crippen LogP contribution >= 0.6 is 0 Å². The van der Waals surface area contributed by atoms with E-state index in [1.807, 2.05) is 0 Å². The van der Waals surface area contributed by atoms with Crippen molar-refractivity contribution in [1.29, 1.82) is 0 Å². The van der Waals surface area contributed by atoms with Gasteiger partial charge in [-0.25, -0.2) is 8.42 Å². The topological polar surface area (TPSA) is 104 Å². The first-order valence-corrected chi connectivity index (χ1v) is 9.89. The number of carboxylic acid groups (broad SMARTS) is 1. The second kappa shape index (κ2) is 7.03. The first-order chi connectivity index (χ1) is 12.7. The minimum atomic E-state index is -3.89. The molecular weight excluding hydrogens is 368 g/mol. The molecule has 1 aliphatic heterocycles. The lowest BCUT2D eigenvalue weighted by Crippen LogP contribution is -2.44. The van der Waals surface area contributed by atoms with Crippen molar-refractivity contribution < 1.29 is 23.1 Å². The zero-order chi connectivity index (χ0) is 19.8. The Morgan fingerprint density at radius 3 is 2.33 bits per heavy atom. The molecule has 7 nitrogen and oxygen atoms in total. The predicted molar refractivity (Wildman–Crippen MR) is 101 cm³/mol. The Bertz CT molecular complexity index is 985. The fraction of sp³-hybridized carbons (Fsp3) is 0.263. The smallest absolute Gasteiger partial charge is 0.311 e. The maximum Gasteiger partial charge on any atom is 0.311 e. The fourth-order valence-electron chi connectivity index (χ4n) is 3.41. The Balaban J connectivity index is 2.04. The molecule has 3 rings (SSSR count). The third kappa shape index (κ3) is 3.52. The number of hydrogen-bond acceptors (Lipinski definition) is 4. The molecule has 8 heteroatoms. The minimum absolute atomic E-state index is 0.0760. The molecule has 0 spiro atoms. The van der Waals surface area contributed by atoms with Gasteiger partial charge in [0.1, 0.15) is 0 Å². The van der Waals surface area contributed by atoms with Crippen LogP contribution in [-0.2, 0) is 19.6 Å². The van der Waals surface area contributed by atoms with Gasteiger partial charge in [-0.05, 0) is 49.2 Å². The number of fused-ring (bicyclic) bond motifs is 1. The van der Waals surface area contributed by atoms with Crippen LogP contribution in [-0.4, -0.2) is 31.4 Å². The largest absolute Gasteiger partial charge is 0.481 e. The number of carbonyl (C=O) groups excluding carboxylic acids is 1. The number of carbonyl (C=O) groups is 2. The van der Waals surface area contributed by atoms with Crippen LogP contribution in [0, 0.1) is 0 Å². The van der Waals surface area contributed by atoms with Gasteiger partial charge in [0.15, 0.2) is 0 Å². The highest BCUT2D eigenvalue weighted by Crippen LogP contribution is 2.41. The summed E-state index contributed by atoms with van der Waals surface area (Å²) in [7, 11) is -3.89. The quantitative estimate of drug-likeness (QED) is 0.838. The maximum absolute atomic E-state index is 13.3. The molecule has 27 heavy (non-hydrogen) atoms. The molecule has 1 aliphatic rings. The molecule has 2 N–H and O–H groups in total. The number of nitrogens with zero attached hydrogens (tertiary/aromatic N) is 1. The summed E-state index contributed by atoms with van der Waals surface area (Å²) in [5.74, 6) is -1.96. The number of anilines is 2. The summed E-state index contributed by atoms with van der Waals surface area (Å²) in [6.45, 7) is 3.07. The van der Waals surface area contributed by atoms with E-state index in [1.165, 1.54) is 35.5 Å². The van der Waals surface area contributed by atoms with Gasteiger partial charge in [-0.2, -0.15) is 0 Å². The van der Waals surface area contributed by atoms with Crippen LogP contribution in [0.3, 0.4) is 0 Å². The van der Waals surface area contributed by atoms with E-state index in [0.717, 1.165) is 0 Å². The maximum atomic E-state index is 13.3. The van der Waals surface area contributed by atoms with Gasteiger partial charge in [0.05, 0.1) is 16.5 Å². The summed E-state index contributed by atoms with van der Waals surface area (Å²) in [4.78, 5) is 22.8. The molecule has 0 saturated heterocycles. The number of hydrogen-bond donors (Lipinski definition) is 2.